The quantitative estimate of drug-likeness (QED) is 0.224. The van der Waals surface area contributed by atoms with E-state index in [2.05, 4.69) is 42.6 Å². The van der Waals surface area contributed by atoms with Crippen molar-refractivity contribution in [3.63, 3.8) is 0 Å². The van der Waals surface area contributed by atoms with Crippen LogP contribution < -0.4 is 30.5 Å². The third-order valence-corrected chi connectivity index (χ3v) is 11.9. The number of hydrogen-bond donors (Lipinski definition) is 3. The molecule has 1 unspecified atom stereocenters. The smallest absolute Gasteiger partial charge is 0.237 e. The summed E-state index contributed by atoms with van der Waals surface area (Å²) in [4.78, 5) is 59.1. The Bertz CT molecular complexity index is 2240. The van der Waals surface area contributed by atoms with E-state index in [-0.39, 0.29) is 42.4 Å². The first-order valence-corrected chi connectivity index (χ1v) is 19.6. The molecular weight excluding hydrogens is 735 g/mol. The van der Waals surface area contributed by atoms with Crippen LogP contribution in [0.1, 0.15) is 46.7 Å². The van der Waals surface area contributed by atoms with Crippen molar-refractivity contribution in [2.24, 2.45) is 0 Å². The lowest BCUT2D eigenvalue weighted by Crippen LogP contribution is -2.63. The van der Waals surface area contributed by atoms with Gasteiger partial charge in [-0.15, -0.1) is 0 Å². The van der Waals surface area contributed by atoms with Gasteiger partial charge in [-0.25, -0.2) is 23.7 Å². The summed E-state index contributed by atoms with van der Waals surface area (Å²) in [6.07, 6.45) is 5.04. The molecule has 3 N–H and O–H groups in total. The zero-order valence-electron chi connectivity index (χ0n) is 31.7. The number of nitrogens with zero attached hydrogens (tertiary/aromatic N) is 7. The lowest BCUT2D eigenvalue weighted by molar-refractivity contribution is -0.134. The molecular formula is C41H44F2N10O4. The van der Waals surface area contributed by atoms with Crippen molar-refractivity contribution in [3.05, 3.63) is 88.4 Å². The number of imide groups is 1. The van der Waals surface area contributed by atoms with Crippen LogP contribution in [0.25, 0.3) is 0 Å². The molecule has 3 fully saturated rings. The summed E-state index contributed by atoms with van der Waals surface area (Å²) in [5.74, 6) is -1.20. The number of rotatable bonds is 8. The van der Waals surface area contributed by atoms with Gasteiger partial charge in [0.2, 0.25) is 29.5 Å². The van der Waals surface area contributed by atoms with E-state index >= 15 is 8.78 Å². The van der Waals surface area contributed by atoms with E-state index in [1.165, 1.54) is 12.1 Å². The summed E-state index contributed by atoms with van der Waals surface area (Å²) >= 11 is 0. The van der Waals surface area contributed by atoms with Crippen LogP contribution in [0.5, 0.6) is 5.88 Å². The Hall–Kier alpha value is -5.90. The molecule has 1 atom stereocenters. The van der Waals surface area contributed by atoms with E-state index in [0.717, 1.165) is 47.7 Å². The topological polar surface area (TPSA) is 148 Å². The second-order valence-electron chi connectivity index (χ2n) is 15.4. The minimum absolute atomic E-state index is 0.0405. The van der Waals surface area contributed by atoms with Gasteiger partial charge in [-0.05, 0) is 60.7 Å². The molecule has 0 saturated carbocycles. The molecule has 5 aliphatic rings. The molecule has 9 rings (SSSR count). The fourth-order valence-corrected chi connectivity index (χ4v) is 8.50. The zero-order valence-corrected chi connectivity index (χ0v) is 31.7. The van der Waals surface area contributed by atoms with E-state index in [9.17, 15) is 14.4 Å². The fourth-order valence-electron chi connectivity index (χ4n) is 8.50. The minimum Gasteiger partial charge on any atom is -0.474 e. The molecule has 57 heavy (non-hydrogen) atoms. The van der Waals surface area contributed by atoms with Crippen LogP contribution in [0.4, 0.5) is 37.5 Å². The Labute approximate surface area is 328 Å². The van der Waals surface area contributed by atoms with Gasteiger partial charge < -0.3 is 30.1 Å². The maximum Gasteiger partial charge on any atom is 0.237 e. The Morgan fingerprint density at radius 3 is 2.58 bits per heavy atom. The summed E-state index contributed by atoms with van der Waals surface area (Å²) in [6.45, 7) is 8.54. The van der Waals surface area contributed by atoms with Crippen LogP contribution >= 0.6 is 0 Å². The molecule has 2 aromatic carbocycles. The molecule has 5 aliphatic heterocycles. The molecule has 0 radical (unpaired) electrons. The van der Waals surface area contributed by atoms with Crippen molar-refractivity contribution in [2.45, 2.75) is 51.1 Å². The number of piperidine rings is 1. The number of halogens is 2. The first kappa shape index (κ1) is 36.7. The average molecular weight is 779 g/mol. The minimum atomic E-state index is -0.528. The number of aromatic nitrogens is 3. The van der Waals surface area contributed by atoms with Crippen molar-refractivity contribution in [3.8, 4) is 5.88 Å². The fraction of sp³-hybridized carbons (Fsp3) is 0.415. The first-order chi connectivity index (χ1) is 27.7. The Kier molecular flexibility index (Phi) is 9.80. The standard InChI is InChI=1S/C41H44F2N10O4/c1-24-35(20-45-40-38(24)44-9-15-57-40)52-10-8-27-19-46-41(48-33(27)23-52)47-28-4-2-26(31(42)18-28)17-37(55)51-13-11-50(12-14-51)29-21-53(22-29)34-6-3-25(16-32(34)43)30-5-7-36(54)49-39(30)56/h2-4,6,16,18-20,29-30,44H,5,7-15,17,21-23H2,1H3,(H,46,47,48)(H,49,54,56). The van der Waals surface area contributed by atoms with Crippen molar-refractivity contribution < 1.29 is 27.9 Å². The molecule has 4 aromatic rings. The van der Waals surface area contributed by atoms with Gasteiger partial charge in [-0.2, -0.15) is 0 Å². The molecule has 296 valence electrons. The predicted octanol–water partition coefficient (Wildman–Crippen LogP) is 3.66. The van der Waals surface area contributed by atoms with Gasteiger partial charge in [0.05, 0.1) is 42.1 Å². The highest BCUT2D eigenvalue weighted by Gasteiger charge is 2.36. The molecule has 2 aromatic heterocycles. The average Bonchev–Trinajstić information content (AvgIpc) is 3.19. The number of hydrogen-bond acceptors (Lipinski definition) is 12. The molecule has 7 heterocycles. The van der Waals surface area contributed by atoms with Crippen LogP contribution in [0.15, 0.2) is 48.8 Å². The van der Waals surface area contributed by atoms with Gasteiger partial charge in [-0.3, -0.25) is 24.6 Å². The van der Waals surface area contributed by atoms with E-state index < -0.39 is 11.7 Å². The Morgan fingerprint density at radius 2 is 1.79 bits per heavy atom. The van der Waals surface area contributed by atoms with Crippen molar-refractivity contribution in [2.75, 3.05) is 79.4 Å². The van der Waals surface area contributed by atoms with Gasteiger partial charge >= 0.3 is 0 Å². The second kappa shape index (κ2) is 15.2. The van der Waals surface area contributed by atoms with E-state index in [1.54, 1.807) is 29.2 Å². The molecule has 0 spiro atoms. The highest BCUT2D eigenvalue weighted by atomic mass is 19.1. The third kappa shape index (κ3) is 7.41. The number of ether oxygens (including phenoxy) is 1. The number of nitrogens with one attached hydrogen (secondary N) is 3. The number of pyridine rings is 1. The molecule has 16 heteroatoms. The highest BCUT2D eigenvalue weighted by Crippen LogP contribution is 2.37. The number of benzene rings is 2. The number of piperazine rings is 1. The van der Waals surface area contributed by atoms with Crippen LogP contribution in [0.2, 0.25) is 0 Å². The molecule has 0 aliphatic carbocycles. The first-order valence-electron chi connectivity index (χ1n) is 19.6. The Morgan fingerprint density at radius 1 is 0.947 bits per heavy atom. The van der Waals surface area contributed by atoms with Gasteiger partial charge in [0, 0.05) is 82.3 Å². The second-order valence-corrected chi connectivity index (χ2v) is 15.4. The summed E-state index contributed by atoms with van der Waals surface area (Å²) < 4.78 is 36.2. The molecule has 3 amide bonds. The van der Waals surface area contributed by atoms with E-state index in [4.69, 9.17) is 9.72 Å². The van der Waals surface area contributed by atoms with Gasteiger partial charge in [0.15, 0.2) is 0 Å². The van der Waals surface area contributed by atoms with Crippen molar-refractivity contribution in [1.29, 1.82) is 0 Å². The maximum absolute atomic E-state index is 15.4. The van der Waals surface area contributed by atoms with E-state index in [1.807, 2.05) is 17.3 Å². The largest absolute Gasteiger partial charge is 0.474 e. The zero-order chi connectivity index (χ0) is 39.2. The number of anilines is 5. The lowest BCUT2D eigenvalue weighted by Gasteiger charge is -2.49. The van der Waals surface area contributed by atoms with Gasteiger partial charge in [0.1, 0.15) is 23.9 Å². The summed E-state index contributed by atoms with van der Waals surface area (Å²) in [5, 5.41) is 8.87. The number of fused-ring (bicyclic) bond motifs is 2. The normalized spacial score (nSPS) is 19.8. The molecule has 14 nitrogen and oxygen atoms in total. The third-order valence-electron chi connectivity index (χ3n) is 11.9. The SMILES string of the molecule is Cc1c(N2CCc3cnc(Nc4ccc(CC(=O)N5CCN(C6CN(c7ccc(C8CCC(=O)NC8=O)cc7F)C6)CC5)c(F)c4)nc3C2)cnc2c1NCCO2. The molecule has 0 bridgehead atoms. The summed E-state index contributed by atoms with van der Waals surface area (Å²) in [7, 11) is 0. The monoisotopic (exact) mass is 778 g/mol. The van der Waals surface area contributed by atoms with Crippen LogP contribution in [-0.2, 0) is 33.8 Å². The predicted molar refractivity (Wildman–Crippen MR) is 209 cm³/mol. The lowest BCUT2D eigenvalue weighted by atomic mass is 9.90. The summed E-state index contributed by atoms with van der Waals surface area (Å²) in [6, 6.07) is 9.87. The van der Waals surface area contributed by atoms with Gasteiger partial charge in [-0.1, -0.05) is 12.1 Å². The van der Waals surface area contributed by atoms with Crippen LogP contribution in [0.3, 0.4) is 0 Å². The van der Waals surface area contributed by atoms with E-state index in [0.29, 0.717) is 93.2 Å². The van der Waals surface area contributed by atoms with Crippen LogP contribution in [-0.4, -0.2) is 107 Å². The van der Waals surface area contributed by atoms with Crippen LogP contribution in [0, 0.1) is 18.6 Å². The number of carbonyl (C=O) groups excluding carboxylic acids is 3. The number of carbonyl (C=O) groups is 3. The maximum atomic E-state index is 15.4. The Balaban J connectivity index is 0.753. The molecule has 3 saturated heterocycles. The van der Waals surface area contributed by atoms with Crippen molar-refractivity contribution >= 4 is 46.4 Å². The highest BCUT2D eigenvalue weighted by molar-refractivity contribution is 6.01. The van der Waals surface area contributed by atoms with Crippen molar-refractivity contribution in [1.82, 2.24) is 30.1 Å². The number of amides is 3. The summed E-state index contributed by atoms with van der Waals surface area (Å²) in [5.41, 5.74) is 6.88. The van der Waals surface area contributed by atoms with Gasteiger partial charge in [0.25, 0.3) is 0 Å².